The lowest BCUT2D eigenvalue weighted by Crippen LogP contribution is -1.64. The van der Waals surface area contributed by atoms with Gasteiger partial charge < -0.3 is 0 Å². The van der Waals surface area contributed by atoms with E-state index in [2.05, 4.69) is 29.1 Å². The highest BCUT2D eigenvalue weighted by Crippen LogP contribution is 1.99. The third kappa shape index (κ3) is 1.19. The molecule has 0 spiro atoms. The van der Waals surface area contributed by atoms with E-state index >= 15 is 0 Å². The van der Waals surface area contributed by atoms with Crippen molar-refractivity contribution >= 4 is 22.9 Å². The van der Waals surface area contributed by atoms with Gasteiger partial charge in [0.05, 0.1) is 29.1 Å². The first-order valence-electron chi connectivity index (χ1n) is 2.02. The van der Waals surface area contributed by atoms with Crippen molar-refractivity contribution in [2.24, 2.45) is 0 Å². The Morgan fingerprint density at radius 1 is 1.86 bits per heavy atom. The average Bonchev–Trinajstić information content (AvgIpc) is 1.87. The minimum absolute atomic E-state index is 1.26. The van der Waals surface area contributed by atoms with Crippen LogP contribution >= 0.6 is 22.9 Å². The maximum Gasteiger partial charge on any atom is 0.0751 e. The largest absolute Gasteiger partial charge is 0.288 e. The maximum atomic E-state index is 2.97. The Bertz CT molecular complexity index is 140. The lowest BCUT2D eigenvalue weighted by molar-refractivity contribution is 1.33. The summed E-state index contributed by atoms with van der Waals surface area (Å²) in [6, 6.07) is 1.95. The van der Waals surface area contributed by atoms with Crippen LogP contribution in [0.1, 0.15) is 5.56 Å². The number of halogens is 1. The molecule has 7 heavy (non-hydrogen) atoms. The molecule has 0 saturated heterocycles. The fourth-order valence-electron chi connectivity index (χ4n) is 0.417. The summed E-state index contributed by atoms with van der Waals surface area (Å²) in [6.07, 6.45) is 4.99. The molecule has 0 aliphatic heterocycles. The van der Waals surface area contributed by atoms with E-state index in [1.54, 1.807) is 0 Å². The highest BCUT2D eigenvalue weighted by Gasteiger charge is 1.82. The van der Waals surface area contributed by atoms with Gasteiger partial charge in [-0.15, -0.1) is 0 Å². The lowest BCUT2D eigenvalue weighted by Gasteiger charge is -1.76. The molecule has 0 aromatic carbocycles. The predicted octanol–water partition coefficient (Wildman–Crippen LogP) is 1.79. The van der Waals surface area contributed by atoms with Crippen LogP contribution in [0.3, 0.4) is 0 Å². The zero-order chi connectivity index (χ0) is 5.28. The average molecular weight is 206 g/mol. The normalized spacial score (nSPS) is 9.43. The highest BCUT2D eigenvalue weighted by molar-refractivity contribution is 14.1. The van der Waals surface area contributed by atoms with Gasteiger partial charge in [-0.05, 0) is 18.6 Å². The quantitative estimate of drug-likeness (QED) is 0.570. The van der Waals surface area contributed by atoms with Gasteiger partial charge in [-0.25, -0.2) is 0 Å². The molecular formula is C5H5IN. The summed E-state index contributed by atoms with van der Waals surface area (Å²) < 4.78 is 1.88. The molecule has 0 amide bonds. The molecule has 1 aromatic rings. The van der Waals surface area contributed by atoms with Gasteiger partial charge in [-0.3, -0.25) is 2.78 Å². The summed E-state index contributed by atoms with van der Waals surface area (Å²) in [5.41, 5.74) is 1.26. The monoisotopic (exact) mass is 206 g/mol. The van der Waals surface area contributed by atoms with Gasteiger partial charge >= 0.3 is 0 Å². The summed E-state index contributed by atoms with van der Waals surface area (Å²) in [5, 5.41) is 0. The van der Waals surface area contributed by atoms with Crippen molar-refractivity contribution in [1.29, 1.82) is 0 Å². The van der Waals surface area contributed by atoms with E-state index in [9.17, 15) is 0 Å². The maximum absolute atomic E-state index is 2.97. The minimum Gasteiger partial charge on any atom is -0.288 e. The third-order valence-electron chi connectivity index (χ3n) is 0.733. The van der Waals surface area contributed by atoms with Crippen LogP contribution in [-0.2, 0) is 0 Å². The molecule has 0 saturated carbocycles. The van der Waals surface area contributed by atoms with Crippen LogP contribution in [0.4, 0.5) is 0 Å². The van der Waals surface area contributed by atoms with Crippen LogP contribution in [-0.4, -0.2) is 2.78 Å². The molecule has 0 aliphatic rings. The molecule has 0 atom stereocenters. The van der Waals surface area contributed by atoms with Gasteiger partial charge in [0, 0.05) is 6.20 Å². The van der Waals surface area contributed by atoms with E-state index in [1.807, 2.05) is 22.0 Å². The molecule has 1 heterocycles. The van der Waals surface area contributed by atoms with Gasteiger partial charge in [0.15, 0.2) is 0 Å². The molecule has 0 N–H and O–H groups in total. The molecule has 37 valence electrons. The smallest absolute Gasteiger partial charge is 0.0751 e. The molecule has 1 rings (SSSR count). The summed E-state index contributed by atoms with van der Waals surface area (Å²) in [6.45, 7) is 2.05. The second kappa shape index (κ2) is 1.86. The van der Waals surface area contributed by atoms with Crippen LogP contribution < -0.4 is 0 Å². The molecule has 0 unspecified atom stereocenters. The van der Waals surface area contributed by atoms with E-state index < -0.39 is 0 Å². The number of hydrogen-bond donors (Lipinski definition) is 0. The van der Waals surface area contributed by atoms with Crippen molar-refractivity contribution in [3.8, 4) is 0 Å². The molecule has 1 radical (unpaired) electrons. The highest BCUT2D eigenvalue weighted by atomic mass is 127. The predicted molar refractivity (Wildman–Crippen MR) is 37.4 cm³/mol. The number of rotatable bonds is 0. The molecule has 0 bridgehead atoms. The standard InChI is InChI=1S/C5H5IN/c1-5-2-3-7(6)4-5/h2,4H,1H3. The summed E-state index contributed by atoms with van der Waals surface area (Å²) in [4.78, 5) is 0. The van der Waals surface area contributed by atoms with Crippen molar-refractivity contribution in [2.75, 3.05) is 0 Å². The number of nitrogens with zero attached hydrogens (tertiary/aromatic N) is 1. The molecule has 0 aliphatic carbocycles. The Balaban J connectivity index is 3.04. The lowest BCUT2D eigenvalue weighted by atomic mass is 10.4. The summed E-state index contributed by atoms with van der Waals surface area (Å²) in [5.74, 6) is 0. The molecule has 0 fully saturated rings. The van der Waals surface area contributed by atoms with Gasteiger partial charge in [-0.1, -0.05) is 0 Å². The fraction of sp³-hybridized carbons (Fsp3) is 0.200. The first kappa shape index (κ1) is 5.15. The van der Waals surface area contributed by atoms with Gasteiger partial charge in [-0.2, -0.15) is 0 Å². The van der Waals surface area contributed by atoms with Crippen molar-refractivity contribution in [3.63, 3.8) is 0 Å². The minimum atomic E-state index is 1.26. The number of hydrogen-bond acceptors (Lipinski definition) is 0. The zero-order valence-corrected chi connectivity index (χ0v) is 6.14. The van der Waals surface area contributed by atoms with Crippen molar-refractivity contribution < 1.29 is 0 Å². The van der Waals surface area contributed by atoms with Crippen LogP contribution in [0.25, 0.3) is 0 Å². The zero-order valence-electron chi connectivity index (χ0n) is 3.98. The molecule has 1 nitrogen and oxygen atoms in total. The van der Waals surface area contributed by atoms with Crippen LogP contribution in [0.5, 0.6) is 0 Å². The van der Waals surface area contributed by atoms with Crippen LogP contribution in [0.15, 0.2) is 12.3 Å². The van der Waals surface area contributed by atoms with E-state index in [1.165, 1.54) is 5.56 Å². The Hall–Kier alpha value is 0.01000. The second-order valence-electron chi connectivity index (χ2n) is 1.46. The summed E-state index contributed by atoms with van der Waals surface area (Å²) >= 11 is 2.16. The Labute approximate surface area is 56.8 Å². The van der Waals surface area contributed by atoms with Gasteiger partial charge in [0.1, 0.15) is 0 Å². The Morgan fingerprint density at radius 2 is 2.57 bits per heavy atom. The van der Waals surface area contributed by atoms with Crippen LogP contribution in [0, 0.1) is 13.1 Å². The van der Waals surface area contributed by atoms with Crippen LogP contribution in [0.2, 0.25) is 0 Å². The Morgan fingerprint density at radius 3 is 2.71 bits per heavy atom. The SMILES string of the molecule is Cc1c[c]n(I)c1. The van der Waals surface area contributed by atoms with Crippen molar-refractivity contribution in [1.82, 2.24) is 2.78 Å². The van der Waals surface area contributed by atoms with E-state index in [-0.39, 0.29) is 0 Å². The third-order valence-corrected chi connectivity index (χ3v) is 1.29. The fourth-order valence-corrected chi connectivity index (χ4v) is 0.995. The summed E-state index contributed by atoms with van der Waals surface area (Å²) in [7, 11) is 0. The van der Waals surface area contributed by atoms with Crippen molar-refractivity contribution in [3.05, 3.63) is 24.0 Å². The first-order chi connectivity index (χ1) is 3.29. The van der Waals surface area contributed by atoms with Crippen molar-refractivity contribution in [2.45, 2.75) is 6.92 Å². The van der Waals surface area contributed by atoms with E-state index in [4.69, 9.17) is 0 Å². The molecular weight excluding hydrogens is 201 g/mol. The van der Waals surface area contributed by atoms with E-state index in [0.29, 0.717) is 0 Å². The number of aryl methyl sites for hydroxylation is 1. The number of aromatic nitrogens is 1. The Kier molecular flexibility index (Phi) is 1.37. The van der Waals surface area contributed by atoms with Gasteiger partial charge in [0.2, 0.25) is 0 Å². The first-order valence-corrected chi connectivity index (χ1v) is 2.98. The molecule has 2 heteroatoms. The second-order valence-corrected chi connectivity index (χ2v) is 2.50. The van der Waals surface area contributed by atoms with E-state index in [0.717, 1.165) is 0 Å². The van der Waals surface area contributed by atoms with Gasteiger partial charge in [0.25, 0.3) is 0 Å². The topological polar surface area (TPSA) is 4.93 Å². The molecule has 1 aromatic heterocycles.